The third-order valence-corrected chi connectivity index (χ3v) is 3.26. The second kappa shape index (κ2) is 5.50. The first-order valence-electron chi connectivity index (χ1n) is 5.98. The fourth-order valence-electron chi connectivity index (χ4n) is 1.88. The van der Waals surface area contributed by atoms with Crippen LogP contribution >= 0.6 is 11.6 Å². The predicted octanol–water partition coefficient (Wildman–Crippen LogP) is 1.45. The lowest BCUT2D eigenvalue weighted by atomic mass is 10.2. The van der Waals surface area contributed by atoms with Crippen molar-refractivity contribution >= 4 is 17.3 Å². The van der Waals surface area contributed by atoms with Crippen molar-refractivity contribution in [3.63, 3.8) is 0 Å². The summed E-state index contributed by atoms with van der Waals surface area (Å²) in [6, 6.07) is 4.41. The lowest BCUT2D eigenvalue weighted by Gasteiger charge is -2.11. The number of nitrogens with two attached hydrogens (primary N) is 1. The van der Waals surface area contributed by atoms with Crippen LogP contribution in [0.2, 0.25) is 5.02 Å². The van der Waals surface area contributed by atoms with Crippen LogP contribution in [0.3, 0.4) is 0 Å². The third kappa shape index (κ3) is 2.46. The van der Waals surface area contributed by atoms with Gasteiger partial charge in [-0.05, 0) is 13.0 Å². The summed E-state index contributed by atoms with van der Waals surface area (Å²) in [5.74, 6) is -0.647. The number of anilines is 1. The number of aryl methyl sites for hydroxylation is 1. The molecule has 0 saturated heterocycles. The highest BCUT2D eigenvalue weighted by Gasteiger charge is 2.12. The molecule has 7 heteroatoms. The van der Waals surface area contributed by atoms with Gasteiger partial charge < -0.3 is 5.73 Å². The fourth-order valence-corrected chi connectivity index (χ4v) is 2.08. The zero-order chi connectivity index (χ0) is 14.9. The van der Waals surface area contributed by atoms with Crippen molar-refractivity contribution in [2.45, 2.75) is 20.0 Å². The monoisotopic (exact) mass is 297 g/mol. The zero-order valence-corrected chi connectivity index (χ0v) is 11.5. The molecule has 0 bridgehead atoms. The van der Waals surface area contributed by atoms with E-state index in [0.29, 0.717) is 6.54 Å². The molecular weight excluding hydrogens is 285 g/mol. The number of hydrogen-bond donors (Lipinski definition) is 1. The molecular formula is C13H13ClFN3O2. The molecule has 2 rings (SSSR count). The van der Waals surface area contributed by atoms with Crippen LogP contribution in [0, 0.1) is 5.82 Å². The molecule has 0 unspecified atom stereocenters. The second-order valence-electron chi connectivity index (χ2n) is 4.26. The van der Waals surface area contributed by atoms with Crippen LogP contribution in [0.25, 0.3) is 0 Å². The van der Waals surface area contributed by atoms with Crippen LogP contribution in [-0.2, 0) is 13.1 Å². The van der Waals surface area contributed by atoms with Crippen molar-refractivity contribution in [2.75, 3.05) is 5.73 Å². The van der Waals surface area contributed by atoms with E-state index in [9.17, 15) is 14.0 Å². The number of aromatic nitrogens is 2. The highest BCUT2D eigenvalue weighted by atomic mass is 35.5. The SMILES string of the molecule is CCn1cc(N)c(=O)n(Cc2cccc(Cl)c2F)c1=O. The molecule has 0 fully saturated rings. The maximum atomic E-state index is 13.8. The van der Waals surface area contributed by atoms with Crippen molar-refractivity contribution in [1.82, 2.24) is 9.13 Å². The molecule has 0 spiro atoms. The Hall–Kier alpha value is -2.08. The molecule has 0 radical (unpaired) electrons. The molecule has 0 aliphatic heterocycles. The van der Waals surface area contributed by atoms with Crippen molar-refractivity contribution in [1.29, 1.82) is 0 Å². The molecule has 0 aliphatic carbocycles. The smallest absolute Gasteiger partial charge is 0.331 e. The number of benzene rings is 1. The van der Waals surface area contributed by atoms with Crippen molar-refractivity contribution in [3.8, 4) is 0 Å². The highest BCUT2D eigenvalue weighted by molar-refractivity contribution is 6.30. The first-order chi connectivity index (χ1) is 9.45. The number of rotatable bonds is 3. The topological polar surface area (TPSA) is 70.0 Å². The van der Waals surface area contributed by atoms with Crippen LogP contribution in [0.15, 0.2) is 34.0 Å². The Balaban J connectivity index is 2.60. The normalized spacial score (nSPS) is 10.8. The highest BCUT2D eigenvalue weighted by Crippen LogP contribution is 2.18. The van der Waals surface area contributed by atoms with Gasteiger partial charge in [-0.1, -0.05) is 23.7 Å². The van der Waals surface area contributed by atoms with E-state index in [0.717, 1.165) is 4.57 Å². The first kappa shape index (κ1) is 14.3. The Morgan fingerprint density at radius 3 is 2.70 bits per heavy atom. The van der Waals surface area contributed by atoms with Gasteiger partial charge in [0.1, 0.15) is 11.5 Å². The van der Waals surface area contributed by atoms with E-state index in [2.05, 4.69) is 0 Å². The molecule has 1 heterocycles. The van der Waals surface area contributed by atoms with Crippen LogP contribution in [0.4, 0.5) is 10.1 Å². The molecule has 0 atom stereocenters. The van der Waals surface area contributed by atoms with E-state index in [1.54, 1.807) is 13.0 Å². The van der Waals surface area contributed by atoms with Crippen LogP contribution < -0.4 is 17.0 Å². The van der Waals surface area contributed by atoms with E-state index in [4.69, 9.17) is 17.3 Å². The van der Waals surface area contributed by atoms with Gasteiger partial charge in [0.15, 0.2) is 0 Å². The summed E-state index contributed by atoms with van der Waals surface area (Å²) < 4.78 is 16.0. The van der Waals surface area contributed by atoms with Crippen LogP contribution in [-0.4, -0.2) is 9.13 Å². The average Bonchev–Trinajstić information content (AvgIpc) is 2.43. The minimum atomic E-state index is -0.647. The van der Waals surface area contributed by atoms with Crippen molar-refractivity contribution in [3.05, 3.63) is 61.6 Å². The molecule has 1 aromatic heterocycles. The van der Waals surface area contributed by atoms with Crippen LogP contribution in [0.1, 0.15) is 12.5 Å². The summed E-state index contributed by atoms with van der Waals surface area (Å²) in [6.45, 7) is 1.89. The molecule has 0 saturated carbocycles. The second-order valence-corrected chi connectivity index (χ2v) is 4.66. The minimum Gasteiger partial charge on any atom is -0.393 e. The molecule has 20 heavy (non-hydrogen) atoms. The van der Waals surface area contributed by atoms with Gasteiger partial charge in [-0.25, -0.2) is 9.18 Å². The Morgan fingerprint density at radius 2 is 2.05 bits per heavy atom. The summed E-state index contributed by atoms with van der Waals surface area (Å²) in [5, 5.41) is -0.0599. The van der Waals surface area contributed by atoms with Crippen molar-refractivity contribution in [2.24, 2.45) is 0 Å². The van der Waals surface area contributed by atoms with E-state index in [-0.39, 0.29) is 22.8 Å². The number of halogens is 2. The minimum absolute atomic E-state index is 0.0599. The third-order valence-electron chi connectivity index (χ3n) is 2.96. The molecule has 0 aliphatic rings. The average molecular weight is 298 g/mol. The van der Waals surface area contributed by atoms with Gasteiger partial charge >= 0.3 is 5.69 Å². The lowest BCUT2D eigenvalue weighted by Crippen LogP contribution is -2.40. The summed E-state index contributed by atoms with van der Waals surface area (Å²) in [5.41, 5.74) is 4.50. The van der Waals surface area contributed by atoms with E-state index in [1.165, 1.54) is 22.9 Å². The van der Waals surface area contributed by atoms with E-state index < -0.39 is 17.1 Å². The van der Waals surface area contributed by atoms with Gasteiger partial charge in [-0.2, -0.15) is 0 Å². The largest absolute Gasteiger partial charge is 0.393 e. The summed E-state index contributed by atoms with van der Waals surface area (Å²) >= 11 is 5.68. The predicted molar refractivity (Wildman–Crippen MR) is 75.6 cm³/mol. The quantitative estimate of drug-likeness (QED) is 0.932. The molecule has 2 N–H and O–H groups in total. The number of hydrogen-bond acceptors (Lipinski definition) is 3. The zero-order valence-electron chi connectivity index (χ0n) is 10.8. The molecule has 0 amide bonds. The van der Waals surface area contributed by atoms with Crippen molar-refractivity contribution < 1.29 is 4.39 Å². The Morgan fingerprint density at radius 1 is 1.35 bits per heavy atom. The van der Waals surface area contributed by atoms with E-state index in [1.807, 2.05) is 0 Å². The maximum Gasteiger partial charge on any atom is 0.331 e. The lowest BCUT2D eigenvalue weighted by molar-refractivity contribution is 0.568. The maximum absolute atomic E-state index is 13.8. The van der Waals surface area contributed by atoms with Crippen LogP contribution in [0.5, 0.6) is 0 Å². The van der Waals surface area contributed by atoms with Gasteiger partial charge in [-0.3, -0.25) is 13.9 Å². The van der Waals surface area contributed by atoms with Gasteiger partial charge in [0.05, 0.1) is 11.6 Å². The van der Waals surface area contributed by atoms with Gasteiger partial charge in [0, 0.05) is 18.3 Å². The summed E-state index contributed by atoms with van der Waals surface area (Å²) in [7, 11) is 0. The first-order valence-corrected chi connectivity index (χ1v) is 6.36. The van der Waals surface area contributed by atoms with Gasteiger partial charge in [0.25, 0.3) is 5.56 Å². The standard InChI is InChI=1S/C13H13ClFN3O2/c1-2-17-7-10(16)12(19)18(13(17)20)6-8-4-3-5-9(14)11(8)15/h3-5,7H,2,6,16H2,1H3. The Kier molecular flexibility index (Phi) is 3.94. The summed E-state index contributed by atoms with van der Waals surface area (Å²) in [4.78, 5) is 24.0. The summed E-state index contributed by atoms with van der Waals surface area (Å²) in [6.07, 6.45) is 1.29. The number of nitrogen functional groups attached to an aromatic ring is 1. The molecule has 106 valence electrons. The molecule has 2 aromatic rings. The Bertz CT molecular complexity index is 767. The van der Waals surface area contributed by atoms with E-state index >= 15 is 0 Å². The van der Waals surface area contributed by atoms with Gasteiger partial charge in [0.2, 0.25) is 0 Å². The molecule has 5 nitrogen and oxygen atoms in total. The van der Waals surface area contributed by atoms with Gasteiger partial charge in [-0.15, -0.1) is 0 Å². The Labute approximate surface area is 119 Å². The number of nitrogens with zero attached hydrogens (tertiary/aromatic N) is 2. The molecule has 1 aromatic carbocycles. The fraction of sp³-hybridized carbons (Fsp3) is 0.231.